The molecule has 0 fully saturated rings. The van der Waals surface area contributed by atoms with Gasteiger partial charge in [0.1, 0.15) is 0 Å². The molecule has 0 aliphatic carbocycles. The summed E-state index contributed by atoms with van der Waals surface area (Å²) in [5.74, 6) is 0.442. The van der Waals surface area contributed by atoms with Gasteiger partial charge >= 0.3 is 6.18 Å². The SMILES string of the molecule is Cc1nnc(-c2cc(C(F)(F)F)ccc2I)nn1. The molecule has 18 heavy (non-hydrogen) atoms. The van der Waals surface area contributed by atoms with Crippen LogP contribution in [0.1, 0.15) is 11.4 Å². The first-order valence-corrected chi connectivity index (χ1v) is 5.87. The highest BCUT2D eigenvalue weighted by molar-refractivity contribution is 14.1. The zero-order valence-electron chi connectivity index (χ0n) is 9.03. The lowest BCUT2D eigenvalue weighted by atomic mass is 10.1. The molecule has 0 saturated heterocycles. The zero-order chi connectivity index (χ0) is 13.3. The van der Waals surface area contributed by atoms with Crippen LogP contribution in [0.15, 0.2) is 18.2 Å². The second-order valence-electron chi connectivity index (χ2n) is 3.46. The Balaban J connectivity index is 2.53. The normalized spacial score (nSPS) is 11.6. The number of benzene rings is 1. The first-order valence-electron chi connectivity index (χ1n) is 4.79. The topological polar surface area (TPSA) is 51.6 Å². The Kier molecular flexibility index (Phi) is 3.46. The lowest BCUT2D eigenvalue weighted by Gasteiger charge is -2.09. The molecular formula is C10H6F3IN4. The number of alkyl halides is 3. The quantitative estimate of drug-likeness (QED) is 0.729. The largest absolute Gasteiger partial charge is 0.416 e. The van der Waals surface area contributed by atoms with Crippen molar-refractivity contribution in [2.24, 2.45) is 0 Å². The number of nitrogens with zero attached hydrogens (tertiary/aromatic N) is 4. The van der Waals surface area contributed by atoms with Crippen molar-refractivity contribution in [3.8, 4) is 11.4 Å². The third-order valence-corrected chi connectivity index (χ3v) is 3.05. The number of hydrogen-bond acceptors (Lipinski definition) is 4. The third-order valence-electron chi connectivity index (χ3n) is 2.11. The maximum absolute atomic E-state index is 12.6. The van der Waals surface area contributed by atoms with E-state index >= 15 is 0 Å². The maximum Gasteiger partial charge on any atom is 0.416 e. The van der Waals surface area contributed by atoms with Gasteiger partial charge in [-0.25, -0.2) is 0 Å². The van der Waals surface area contributed by atoms with Crippen LogP contribution in [0.25, 0.3) is 11.4 Å². The molecule has 1 heterocycles. The number of hydrogen-bond donors (Lipinski definition) is 0. The first kappa shape index (κ1) is 13.1. The van der Waals surface area contributed by atoms with E-state index in [1.165, 1.54) is 6.07 Å². The Morgan fingerprint density at radius 1 is 1.06 bits per heavy atom. The molecule has 0 amide bonds. The van der Waals surface area contributed by atoms with Gasteiger partial charge < -0.3 is 0 Å². The average molecular weight is 366 g/mol. The number of aromatic nitrogens is 4. The molecule has 2 rings (SSSR count). The summed E-state index contributed by atoms with van der Waals surface area (Å²) in [5.41, 5.74) is -0.479. The van der Waals surface area contributed by atoms with Gasteiger partial charge in [0.05, 0.1) is 5.56 Å². The van der Waals surface area contributed by atoms with Crippen LogP contribution in [0.5, 0.6) is 0 Å². The molecule has 0 radical (unpaired) electrons. The van der Waals surface area contributed by atoms with Crippen molar-refractivity contribution in [2.75, 3.05) is 0 Å². The summed E-state index contributed by atoms with van der Waals surface area (Å²) in [7, 11) is 0. The van der Waals surface area contributed by atoms with Crippen molar-refractivity contribution in [1.82, 2.24) is 20.4 Å². The molecule has 94 valence electrons. The van der Waals surface area contributed by atoms with Crippen molar-refractivity contribution in [1.29, 1.82) is 0 Å². The van der Waals surface area contributed by atoms with Gasteiger partial charge in [0, 0.05) is 9.13 Å². The minimum Gasteiger partial charge on any atom is -0.166 e. The van der Waals surface area contributed by atoms with Gasteiger partial charge in [-0.1, -0.05) is 0 Å². The standard InChI is InChI=1S/C10H6F3IN4/c1-5-15-17-9(18-16-5)7-4-6(10(11,12)13)2-3-8(7)14/h2-4H,1H3. The second kappa shape index (κ2) is 4.75. The van der Waals surface area contributed by atoms with E-state index in [1.54, 1.807) is 6.92 Å². The van der Waals surface area contributed by atoms with Gasteiger partial charge in [-0.2, -0.15) is 13.2 Å². The van der Waals surface area contributed by atoms with E-state index in [1.807, 2.05) is 22.6 Å². The minimum atomic E-state index is -4.40. The molecule has 0 N–H and O–H groups in total. The monoisotopic (exact) mass is 366 g/mol. The van der Waals surface area contributed by atoms with Crippen LogP contribution >= 0.6 is 22.6 Å². The van der Waals surface area contributed by atoms with E-state index in [9.17, 15) is 13.2 Å². The van der Waals surface area contributed by atoms with Crippen LogP contribution in [0, 0.1) is 10.5 Å². The molecule has 1 aromatic heterocycles. The fourth-order valence-electron chi connectivity index (χ4n) is 1.26. The Morgan fingerprint density at radius 2 is 1.67 bits per heavy atom. The summed E-state index contributed by atoms with van der Waals surface area (Å²) in [6.07, 6.45) is -4.40. The first-order chi connectivity index (χ1) is 8.38. The van der Waals surface area contributed by atoms with Crippen molar-refractivity contribution in [3.63, 3.8) is 0 Å². The Labute approximate surface area is 114 Å². The predicted octanol–water partition coefficient (Wildman–Crippen LogP) is 2.87. The molecular weight excluding hydrogens is 360 g/mol. The predicted molar refractivity (Wildman–Crippen MR) is 65.5 cm³/mol. The third kappa shape index (κ3) is 2.74. The van der Waals surface area contributed by atoms with Gasteiger partial charge in [0.25, 0.3) is 0 Å². The highest BCUT2D eigenvalue weighted by Crippen LogP contribution is 2.33. The lowest BCUT2D eigenvalue weighted by Crippen LogP contribution is -2.06. The fourth-order valence-corrected chi connectivity index (χ4v) is 1.84. The summed E-state index contributed by atoms with van der Waals surface area (Å²) in [5, 5.41) is 14.8. The van der Waals surface area contributed by atoms with Crippen LogP contribution in [-0.2, 0) is 6.18 Å². The number of aryl methyl sites for hydroxylation is 1. The molecule has 0 aliphatic rings. The second-order valence-corrected chi connectivity index (χ2v) is 4.63. The van der Waals surface area contributed by atoms with Gasteiger partial charge in [-0.3, -0.25) is 0 Å². The van der Waals surface area contributed by atoms with Crippen LogP contribution in [0.4, 0.5) is 13.2 Å². The molecule has 0 unspecified atom stereocenters. The van der Waals surface area contributed by atoms with Gasteiger partial charge in [0.2, 0.25) is 5.82 Å². The average Bonchev–Trinajstić information content (AvgIpc) is 2.29. The zero-order valence-corrected chi connectivity index (χ0v) is 11.2. The summed E-state index contributed by atoms with van der Waals surface area (Å²) in [6, 6.07) is 3.37. The van der Waals surface area contributed by atoms with Gasteiger partial charge in [-0.15, -0.1) is 20.4 Å². The Morgan fingerprint density at radius 3 is 2.22 bits per heavy atom. The molecule has 8 heteroatoms. The van der Waals surface area contributed by atoms with E-state index in [4.69, 9.17) is 0 Å². The van der Waals surface area contributed by atoms with E-state index in [-0.39, 0.29) is 11.4 Å². The van der Waals surface area contributed by atoms with E-state index in [0.717, 1.165) is 12.1 Å². The maximum atomic E-state index is 12.6. The lowest BCUT2D eigenvalue weighted by molar-refractivity contribution is -0.137. The van der Waals surface area contributed by atoms with Crippen molar-refractivity contribution < 1.29 is 13.2 Å². The van der Waals surface area contributed by atoms with Crippen molar-refractivity contribution in [3.05, 3.63) is 33.2 Å². The molecule has 4 nitrogen and oxygen atoms in total. The van der Waals surface area contributed by atoms with Crippen LogP contribution in [-0.4, -0.2) is 20.4 Å². The summed E-state index contributed by atoms with van der Waals surface area (Å²) >= 11 is 1.91. The highest BCUT2D eigenvalue weighted by Gasteiger charge is 2.31. The molecule has 0 atom stereocenters. The van der Waals surface area contributed by atoms with Crippen LogP contribution in [0.3, 0.4) is 0 Å². The molecule has 1 aromatic carbocycles. The fraction of sp³-hybridized carbons (Fsp3) is 0.200. The number of rotatable bonds is 1. The minimum absolute atomic E-state index is 0.0797. The van der Waals surface area contributed by atoms with Gasteiger partial charge in [-0.05, 0) is 47.7 Å². The highest BCUT2D eigenvalue weighted by atomic mass is 127. The Bertz CT molecular complexity index is 568. The number of halogens is 4. The Hall–Kier alpha value is -1.32. The van der Waals surface area contributed by atoms with Crippen molar-refractivity contribution >= 4 is 22.6 Å². The summed E-state index contributed by atoms with van der Waals surface area (Å²) < 4.78 is 38.4. The smallest absolute Gasteiger partial charge is 0.166 e. The summed E-state index contributed by atoms with van der Waals surface area (Å²) in [4.78, 5) is 0. The van der Waals surface area contributed by atoms with Crippen LogP contribution in [0.2, 0.25) is 0 Å². The molecule has 0 bridgehead atoms. The molecule has 0 saturated carbocycles. The van der Waals surface area contributed by atoms with Gasteiger partial charge in [0.15, 0.2) is 5.82 Å². The van der Waals surface area contributed by atoms with E-state index in [2.05, 4.69) is 20.4 Å². The summed E-state index contributed by atoms with van der Waals surface area (Å²) in [6.45, 7) is 1.60. The van der Waals surface area contributed by atoms with E-state index < -0.39 is 11.7 Å². The molecule has 0 aliphatic heterocycles. The molecule has 0 spiro atoms. The molecule has 2 aromatic rings. The van der Waals surface area contributed by atoms with Crippen molar-refractivity contribution in [2.45, 2.75) is 13.1 Å². The van der Waals surface area contributed by atoms with E-state index in [0.29, 0.717) is 9.39 Å². The van der Waals surface area contributed by atoms with Crippen LogP contribution < -0.4 is 0 Å².